The molecular weight excluding hydrogens is 358 g/mol. The fourth-order valence-corrected chi connectivity index (χ4v) is 2.96. The predicted molar refractivity (Wildman–Crippen MR) is 105 cm³/mol. The van der Waals surface area contributed by atoms with Gasteiger partial charge in [-0.05, 0) is 44.0 Å². The number of amides is 1. The second kappa shape index (κ2) is 8.08. The van der Waals surface area contributed by atoms with Crippen LogP contribution < -0.4 is 5.32 Å². The molecule has 1 N–H and O–H groups in total. The van der Waals surface area contributed by atoms with Gasteiger partial charge >= 0.3 is 5.97 Å². The van der Waals surface area contributed by atoms with Gasteiger partial charge in [-0.3, -0.25) is 14.4 Å². The minimum Gasteiger partial charge on any atom is -0.464 e. The minimum absolute atomic E-state index is 0.00676. The Morgan fingerprint density at radius 2 is 1.82 bits per heavy atom. The Bertz CT molecular complexity index is 1060. The van der Waals surface area contributed by atoms with E-state index < -0.39 is 18.5 Å². The molecular formula is C22H21NO5. The lowest BCUT2D eigenvalue weighted by atomic mass is 10.0. The van der Waals surface area contributed by atoms with E-state index in [-0.39, 0.29) is 12.2 Å². The molecule has 0 aliphatic carbocycles. The van der Waals surface area contributed by atoms with Gasteiger partial charge in [0.2, 0.25) is 0 Å². The number of benzene rings is 2. The number of nitrogens with one attached hydrogen (secondary N) is 1. The lowest BCUT2D eigenvalue weighted by molar-refractivity contribution is -0.146. The molecule has 1 amide bonds. The minimum atomic E-state index is -0.532. The zero-order valence-electron chi connectivity index (χ0n) is 16.0. The summed E-state index contributed by atoms with van der Waals surface area (Å²) in [6.45, 7) is 4.95. The summed E-state index contributed by atoms with van der Waals surface area (Å²) in [5.74, 6) is -1.20. The number of aryl methyl sites for hydroxylation is 2. The highest BCUT2D eigenvalue weighted by molar-refractivity contribution is 6.04. The van der Waals surface area contributed by atoms with E-state index in [1.54, 1.807) is 30.5 Å². The summed E-state index contributed by atoms with van der Waals surface area (Å²) in [5.41, 5.74) is 4.39. The first-order valence-corrected chi connectivity index (χ1v) is 8.88. The van der Waals surface area contributed by atoms with E-state index in [9.17, 15) is 14.4 Å². The first-order chi connectivity index (χ1) is 13.4. The van der Waals surface area contributed by atoms with Crippen LogP contribution in [0.3, 0.4) is 0 Å². The van der Waals surface area contributed by atoms with E-state index in [1.165, 1.54) is 6.92 Å². The Labute approximate surface area is 162 Å². The Morgan fingerprint density at radius 3 is 2.57 bits per heavy atom. The van der Waals surface area contributed by atoms with Crippen LogP contribution in [0.15, 0.2) is 47.1 Å². The number of Topliss-reactive ketones (excluding diaryl/α,β-unsaturated/α-hetero) is 1. The summed E-state index contributed by atoms with van der Waals surface area (Å²) in [6.07, 6.45) is 1.55. The molecule has 0 saturated carbocycles. The number of ether oxygens (including phenoxy) is 1. The van der Waals surface area contributed by atoms with E-state index in [4.69, 9.17) is 9.15 Å². The molecule has 6 nitrogen and oxygen atoms in total. The number of anilines is 1. The van der Waals surface area contributed by atoms with E-state index >= 15 is 0 Å². The maximum Gasteiger partial charge on any atom is 0.310 e. The van der Waals surface area contributed by atoms with Crippen molar-refractivity contribution < 1.29 is 23.5 Å². The number of furan rings is 1. The van der Waals surface area contributed by atoms with Crippen molar-refractivity contribution in [2.45, 2.75) is 27.2 Å². The van der Waals surface area contributed by atoms with Gasteiger partial charge in [0, 0.05) is 16.5 Å². The van der Waals surface area contributed by atoms with E-state index in [1.807, 2.05) is 26.0 Å². The van der Waals surface area contributed by atoms with Gasteiger partial charge in [-0.2, -0.15) is 0 Å². The van der Waals surface area contributed by atoms with Crippen LogP contribution in [0, 0.1) is 13.8 Å². The molecule has 3 rings (SSSR count). The molecule has 0 radical (unpaired) electrons. The SMILES string of the molecule is CC(=O)c1ccccc1NC(=O)COC(=O)Cc1coc2c(C)c(C)ccc12. The van der Waals surface area contributed by atoms with Crippen LogP contribution in [0.25, 0.3) is 11.0 Å². The molecule has 0 aliphatic rings. The summed E-state index contributed by atoms with van der Waals surface area (Å²) < 4.78 is 10.7. The third-order valence-corrected chi connectivity index (χ3v) is 4.62. The van der Waals surface area contributed by atoms with Gasteiger partial charge in [-0.15, -0.1) is 0 Å². The average molecular weight is 379 g/mol. The Morgan fingerprint density at radius 1 is 1.07 bits per heavy atom. The standard InChI is InChI=1S/C22H21NO5/c1-13-8-9-18-16(11-28-22(18)14(13)2)10-21(26)27-12-20(25)23-19-7-5-4-6-17(19)15(3)24/h4-9,11H,10,12H2,1-3H3,(H,23,25). The quantitative estimate of drug-likeness (QED) is 0.517. The molecule has 0 atom stereocenters. The Hall–Kier alpha value is -3.41. The summed E-state index contributed by atoms with van der Waals surface area (Å²) in [5, 5.41) is 3.45. The number of esters is 1. The van der Waals surface area contributed by atoms with Crippen molar-refractivity contribution >= 4 is 34.3 Å². The molecule has 0 aliphatic heterocycles. The number of ketones is 1. The summed E-state index contributed by atoms with van der Waals surface area (Å²) in [7, 11) is 0. The molecule has 0 saturated heterocycles. The monoisotopic (exact) mass is 379 g/mol. The molecule has 1 aromatic heterocycles. The second-order valence-corrected chi connectivity index (χ2v) is 6.63. The summed E-state index contributed by atoms with van der Waals surface area (Å²) in [4.78, 5) is 35.8. The lowest BCUT2D eigenvalue weighted by Crippen LogP contribution is -2.22. The van der Waals surface area contributed by atoms with Crippen LogP contribution in [0.5, 0.6) is 0 Å². The van der Waals surface area contributed by atoms with Gasteiger partial charge in [0.1, 0.15) is 5.58 Å². The molecule has 1 heterocycles. The van der Waals surface area contributed by atoms with Gasteiger partial charge in [0.15, 0.2) is 12.4 Å². The Balaban J connectivity index is 1.60. The number of carbonyl (C=O) groups excluding carboxylic acids is 3. The average Bonchev–Trinajstić information content (AvgIpc) is 3.06. The molecule has 0 fully saturated rings. The number of rotatable bonds is 6. The smallest absolute Gasteiger partial charge is 0.310 e. The van der Waals surface area contributed by atoms with E-state index in [0.717, 1.165) is 22.1 Å². The predicted octanol–water partition coefficient (Wildman–Crippen LogP) is 3.98. The molecule has 0 unspecified atom stereocenters. The van der Waals surface area contributed by atoms with Crippen LogP contribution in [0.1, 0.15) is 34.0 Å². The first-order valence-electron chi connectivity index (χ1n) is 8.88. The third-order valence-electron chi connectivity index (χ3n) is 4.62. The third kappa shape index (κ3) is 4.11. The van der Waals surface area contributed by atoms with Gasteiger partial charge in [0.25, 0.3) is 5.91 Å². The molecule has 6 heteroatoms. The van der Waals surface area contributed by atoms with Crippen molar-refractivity contribution in [1.29, 1.82) is 0 Å². The maximum absolute atomic E-state index is 12.1. The van der Waals surface area contributed by atoms with Crippen molar-refractivity contribution in [3.8, 4) is 0 Å². The zero-order valence-corrected chi connectivity index (χ0v) is 16.0. The van der Waals surface area contributed by atoms with Gasteiger partial charge in [0.05, 0.1) is 18.4 Å². The fourth-order valence-electron chi connectivity index (χ4n) is 2.96. The lowest BCUT2D eigenvalue weighted by Gasteiger charge is -2.09. The van der Waals surface area contributed by atoms with Crippen LogP contribution in [0.4, 0.5) is 5.69 Å². The van der Waals surface area contributed by atoms with Crippen LogP contribution >= 0.6 is 0 Å². The van der Waals surface area contributed by atoms with Crippen molar-refractivity contribution in [3.05, 3.63) is 64.9 Å². The fraction of sp³-hybridized carbons (Fsp3) is 0.227. The van der Waals surface area contributed by atoms with E-state index in [2.05, 4.69) is 5.32 Å². The summed E-state index contributed by atoms with van der Waals surface area (Å²) >= 11 is 0. The molecule has 0 spiro atoms. The number of carbonyl (C=O) groups is 3. The van der Waals surface area contributed by atoms with Crippen molar-refractivity contribution in [2.75, 3.05) is 11.9 Å². The molecule has 2 aromatic carbocycles. The van der Waals surface area contributed by atoms with Gasteiger partial charge in [-0.25, -0.2) is 0 Å². The molecule has 28 heavy (non-hydrogen) atoms. The number of para-hydroxylation sites is 1. The largest absolute Gasteiger partial charge is 0.464 e. The van der Waals surface area contributed by atoms with Crippen LogP contribution in [-0.4, -0.2) is 24.3 Å². The van der Waals surface area contributed by atoms with Crippen LogP contribution in [0.2, 0.25) is 0 Å². The van der Waals surface area contributed by atoms with Gasteiger partial charge < -0.3 is 14.5 Å². The number of hydrogen-bond acceptors (Lipinski definition) is 5. The normalized spacial score (nSPS) is 10.7. The molecule has 0 bridgehead atoms. The molecule has 144 valence electrons. The second-order valence-electron chi connectivity index (χ2n) is 6.63. The highest BCUT2D eigenvalue weighted by Crippen LogP contribution is 2.26. The highest BCUT2D eigenvalue weighted by Gasteiger charge is 2.15. The van der Waals surface area contributed by atoms with Gasteiger partial charge in [-0.1, -0.05) is 24.3 Å². The van der Waals surface area contributed by atoms with Crippen molar-refractivity contribution in [3.63, 3.8) is 0 Å². The number of fused-ring (bicyclic) bond motifs is 1. The number of hydrogen-bond donors (Lipinski definition) is 1. The van der Waals surface area contributed by atoms with Crippen molar-refractivity contribution in [2.24, 2.45) is 0 Å². The first kappa shape index (κ1) is 19.4. The topological polar surface area (TPSA) is 85.6 Å². The van der Waals surface area contributed by atoms with E-state index in [0.29, 0.717) is 16.8 Å². The summed E-state index contributed by atoms with van der Waals surface area (Å²) in [6, 6.07) is 10.6. The zero-order chi connectivity index (χ0) is 20.3. The van der Waals surface area contributed by atoms with Crippen molar-refractivity contribution in [1.82, 2.24) is 0 Å². The van der Waals surface area contributed by atoms with Crippen LogP contribution in [-0.2, 0) is 20.7 Å². The maximum atomic E-state index is 12.1. The Kier molecular flexibility index (Phi) is 5.59. The molecule has 3 aromatic rings. The highest BCUT2D eigenvalue weighted by atomic mass is 16.5.